The molecule has 92 valence electrons. The molecule has 0 aromatic heterocycles. The zero-order valence-corrected chi connectivity index (χ0v) is 10.7. The Morgan fingerprint density at radius 3 is 2.82 bits per heavy atom. The summed E-state index contributed by atoms with van der Waals surface area (Å²) in [5.41, 5.74) is 0. The third-order valence-corrected chi connectivity index (χ3v) is 4.16. The normalized spacial score (nSPS) is 20.8. The minimum atomic E-state index is -0.287. The first kappa shape index (κ1) is 12.3. The number of thioether (sulfide) groups is 1. The lowest BCUT2D eigenvalue weighted by Gasteiger charge is -2.20. The number of hydrogen-bond donors (Lipinski definition) is 1. The highest BCUT2D eigenvalue weighted by Crippen LogP contribution is 2.29. The Morgan fingerprint density at radius 2 is 2.24 bits per heavy atom. The Morgan fingerprint density at radius 1 is 1.47 bits per heavy atom. The summed E-state index contributed by atoms with van der Waals surface area (Å²) in [4.78, 5) is 12.3. The molecule has 1 aliphatic rings. The van der Waals surface area contributed by atoms with Gasteiger partial charge in [-0.25, -0.2) is 4.79 Å². The molecule has 1 N–H and O–H groups in total. The van der Waals surface area contributed by atoms with Crippen LogP contribution in [0.1, 0.15) is 19.8 Å². The molecule has 0 aliphatic carbocycles. The van der Waals surface area contributed by atoms with Crippen LogP contribution in [0.2, 0.25) is 0 Å². The second-order valence-electron chi connectivity index (χ2n) is 4.11. The molecule has 0 unspecified atom stereocenters. The van der Waals surface area contributed by atoms with Gasteiger partial charge in [0.15, 0.2) is 0 Å². The summed E-state index contributed by atoms with van der Waals surface area (Å²) in [6.07, 6.45) is 1.90. The van der Waals surface area contributed by atoms with Crippen LogP contribution in [0, 0.1) is 0 Å². The minimum Gasteiger partial charge on any atom is -0.447 e. The number of amides is 1. The number of carbonyl (C=O) groups excluding carboxylic acids is 1. The lowest BCUT2D eigenvalue weighted by atomic mass is 10.1. The van der Waals surface area contributed by atoms with E-state index in [2.05, 4.69) is 24.4 Å². The molecule has 1 amide bonds. The SMILES string of the molecule is CCC[C@H](Sc1ccccc1)[C@H]1COC(=O)N1. The van der Waals surface area contributed by atoms with Gasteiger partial charge in [-0.15, -0.1) is 11.8 Å². The number of alkyl carbamates (subject to hydrolysis) is 1. The van der Waals surface area contributed by atoms with Crippen molar-refractivity contribution in [2.45, 2.75) is 36.0 Å². The Labute approximate surface area is 106 Å². The molecule has 0 spiro atoms. The summed E-state index contributed by atoms with van der Waals surface area (Å²) in [5.74, 6) is 0. The first-order valence-corrected chi connectivity index (χ1v) is 6.82. The maximum Gasteiger partial charge on any atom is 0.407 e. The van der Waals surface area contributed by atoms with Crippen molar-refractivity contribution in [3.05, 3.63) is 30.3 Å². The molecule has 17 heavy (non-hydrogen) atoms. The highest BCUT2D eigenvalue weighted by Gasteiger charge is 2.30. The smallest absolute Gasteiger partial charge is 0.407 e. The highest BCUT2D eigenvalue weighted by atomic mass is 32.2. The molecule has 1 aromatic rings. The maximum atomic E-state index is 11.1. The molecular weight excluding hydrogens is 234 g/mol. The van der Waals surface area contributed by atoms with E-state index in [9.17, 15) is 4.79 Å². The molecule has 1 saturated heterocycles. The van der Waals surface area contributed by atoms with E-state index in [1.165, 1.54) is 4.90 Å². The topological polar surface area (TPSA) is 38.3 Å². The van der Waals surface area contributed by atoms with Crippen LogP contribution >= 0.6 is 11.8 Å². The van der Waals surface area contributed by atoms with E-state index < -0.39 is 0 Å². The van der Waals surface area contributed by atoms with Gasteiger partial charge in [0.2, 0.25) is 0 Å². The Bertz CT molecular complexity index is 369. The van der Waals surface area contributed by atoms with Crippen LogP contribution in [0.3, 0.4) is 0 Å². The number of hydrogen-bond acceptors (Lipinski definition) is 3. The van der Waals surface area contributed by atoms with Gasteiger partial charge in [-0.05, 0) is 18.6 Å². The predicted octanol–water partition coefficient (Wildman–Crippen LogP) is 3.06. The quantitative estimate of drug-likeness (QED) is 0.817. The lowest BCUT2D eigenvalue weighted by Crippen LogP contribution is -2.36. The van der Waals surface area contributed by atoms with E-state index in [0.717, 1.165) is 12.8 Å². The van der Waals surface area contributed by atoms with Crippen LogP contribution < -0.4 is 5.32 Å². The molecule has 3 nitrogen and oxygen atoms in total. The molecule has 0 saturated carbocycles. The maximum absolute atomic E-state index is 11.1. The monoisotopic (exact) mass is 251 g/mol. The summed E-state index contributed by atoms with van der Waals surface area (Å²) in [6, 6.07) is 10.4. The summed E-state index contributed by atoms with van der Waals surface area (Å²) in [7, 11) is 0. The van der Waals surface area contributed by atoms with Crippen molar-refractivity contribution >= 4 is 17.9 Å². The van der Waals surface area contributed by atoms with Gasteiger partial charge in [-0.1, -0.05) is 31.5 Å². The number of ether oxygens (including phenoxy) is 1. The number of benzene rings is 1. The lowest BCUT2D eigenvalue weighted by molar-refractivity contribution is 0.176. The van der Waals surface area contributed by atoms with E-state index in [4.69, 9.17) is 4.74 Å². The molecule has 1 aliphatic heterocycles. The molecular formula is C13H17NO2S. The van der Waals surface area contributed by atoms with Crippen LogP contribution in [-0.2, 0) is 4.74 Å². The summed E-state index contributed by atoms with van der Waals surface area (Å²) in [5, 5.41) is 3.26. The van der Waals surface area contributed by atoms with Crippen molar-refractivity contribution in [1.29, 1.82) is 0 Å². The standard InChI is InChI=1S/C13H17NO2S/c1-2-6-12(11-9-16-13(15)14-11)17-10-7-4-3-5-8-10/h3-5,7-8,11-12H,2,6,9H2,1H3,(H,14,15)/t11-,12+/m1/s1. The molecule has 1 heterocycles. The van der Waals surface area contributed by atoms with Gasteiger partial charge >= 0.3 is 6.09 Å². The fraction of sp³-hybridized carbons (Fsp3) is 0.462. The first-order valence-electron chi connectivity index (χ1n) is 5.94. The van der Waals surface area contributed by atoms with Gasteiger partial charge in [-0.2, -0.15) is 0 Å². The second kappa shape index (κ2) is 5.96. The first-order chi connectivity index (χ1) is 8.29. The minimum absolute atomic E-state index is 0.132. The van der Waals surface area contributed by atoms with E-state index in [0.29, 0.717) is 11.9 Å². The average molecular weight is 251 g/mol. The zero-order chi connectivity index (χ0) is 12.1. The van der Waals surface area contributed by atoms with Crippen molar-refractivity contribution in [1.82, 2.24) is 5.32 Å². The molecule has 0 bridgehead atoms. The predicted molar refractivity (Wildman–Crippen MR) is 69.3 cm³/mol. The van der Waals surface area contributed by atoms with Crippen LogP contribution in [-0.4, -0.2) is 24.0 Å². The van der Waals surface area contributed by atoms with Gasteiger partial charge in [-0.3, -0.25) is 0 Å². The van der Waals surface area contributed by atoms with E-state index >= 15 is 0 Å². The van der Waals surface area contributed by atoms with Gasteiger partial charge in [0.1, 0.15) is 6.61 Å². The summed E-state index contributed by atoms with van der Waals surface area (Å²) >= 11 is 1.82. The number of nitrogens with one attached hydrogen (secondary N) is 1. The largest absolute Gasteiger partial charge is 0.447 e. The number of rotatable bonds is 5. The summed E-state index contributed by atoms with van der Waals surface area (Å²) < 4.78 is 4.97. The van der Waals surface area contributed by atoms with E-state index in [1.807, 2.05) is 30.0 Å². The van der Waals surface area contributed by atoms with Crippen molar-refractivity contribution in [3.8, 4) is 0 Å². The highest BCUT2D eigenvalue weighted by molar-refractivity contribution is 8.00. The van der Waals surface area contributed by atoms with Crippen molar-refractivity contribution < 1.29 is 9.53 Å². The third kappa shape index (κ3) is 3.40. The number of cyclic esters (lactones) is 1. The van der Waals surface area contributed by atoms with Crippen LogP contribution in [0.15, 0.2) is 35.2 Å². The number of carbonyl (C=O) groups is 1. The van der Waals surface area contributed by atoms with Crippen LogP contribution in [0.25, 0.3) is 0 Å². The molecule has 4 heteroatoms. The fourth-order valence-electron chi connectivity index (χ4n) is 1.90. The fourth-order valence-corrected chi connectivity index (χ4v) is 3.23. The van der Waals surface area contributed by atoms with Gasteiger partial charge < -0.3 is 10.1 Å². The Hall–Kier alpha value is -1.16. The van der Waals surface area contributed by atoms with Gasteiger partial charge in [0, 0.05) is 10.1 Å². The average Bonchev–Trinajstić information content (AvgIpc) is 2.77. The van der Waals surface area contributed by atoms with Crippen molar-refractivity contribution in [2.24, 2.45) is 0 Å². The van der Waals surface area contributed by atoms with E-state index in [1.54, 1.807) is 0 Å². The molecule has 1 aromatic carbocycles. The van der Waals surface area contributed by atoms with Crippen LogP contribution in [0.5, 0.6) is 0 Å². The molecule has 2 atom stereocenters. The van der Waals surface area contributed by atoms with Gasteiger partial charge in [0.25, 0.3) is 0 Å². The Kier molecular flexibility index (Phi) is 4.31. The molecule has 1 fully saturated rings. The molecule has 2 rings (SSSR count). The van der Waals surface area contributed by atoms with Crippen LogP contribution in [0.4, 0.5) is 4.79 Å². The van der Waals surface area contributed by atoms with Gasteiger partial charge in [0.05, 0.1) is 6.04 Å². The Balaban J connectivity index is 2.00. The molecule has 0 radical (unpaired) electrons. The zero-order valence-electron chi connectivity index (χ0n) is 9.89. The second-order valence-corrected chi connectivity index (χ2v) is 5.42. The summed E-state index contributed by atoms with van der Waals surface area (Å²) in [6.45, 7) is 2.65. The van der Waals surface area contributed by atoms with E-state index in [-0.39, 0.29) is 12.1 Å². The third-order valence-electron chi connectivity index (χ3n) is 2.75. The van der Waals surface area contributed by atoms with Crippen molar-refractivity contribution in [2.75, 3.05) is 6.61 Å². The van der Waals surface area contributed by atoms with Crippen molar-refractivity contribution in [3.63, 3.8) is 0 Å².